The predicted octanol–water partition coefficient (Wildman–Crippen LogP) is 4.18. The largest absolute Gasteiger partial charge is 0.480 e. The van der Waals surface area contributed by atoms with Crippen molar-refractivity contribution in [2.45, 2.75) is 49.2 Å². The summed E-state index contributed by atoms with van der Waals surface area (Å²) in [6.45, 7) is 2.26. The minimum Gasteiger partial charge on any atom is -0.480 e. The molecule has 0 radical (unpaired) electrons. The van der Waals surface area contributed by atoms with Crippen molar-refractivity contribution in [3.63, 3.8) is 0 Å². The van der Waals surface area contributed by atoms with E-state index < -0.39 is 28.1 Å². The maximum Gasteiger partial charge on any atom is 0.407 e. The van der Waals surface area contributed by atoms with E-state index in [9.17, 15) is 27.5 Å². The first kappa shape index (κ1) is 31.2. The average Bonchev–Trinajstić information content (AvgIpc) is 3.27. The molecule has 1 fully saturated rings. The monoisotopic (exact) mass is 635 g/mol. The zero-order chi connectivity index (χ0) is 29.4. The Morgan fingerprint density at radius 3 is 2.33 bits per heavy atom. The number of aliphatic carboxylic acids is 1. The van der Waals surface area contributed by atoms with Gasteiger partial charge in [-0.05, 0) is 71.4 Å². The van der Waals surface area contributed by atoms with Crippen molar-refractivity contribution >= 4 is 38.0 Å². The van der Waals surface area contributed by atoms with Crippen molar-refractivity contribution in [1.29, 1.82) is 0 Å². The number of hydrogen-bond acceptors (Lipinski definition) is 5. The van der Waals surface area contributed by atoms with Crippen LogP contribution in [0.1, 0.15) is 23.1 Å². The number of halogens is 2. The number of rotatable bonds is 8. The number of carboxylic acids is 1. The second-order valence-corrected chi connectivity index (χ2v) is 12.0. The number of carboxylic acid groups (broad SMARTS) is 2. The highest BCUT2D eigenvalue weighted by Gasteiger charge is 2.35. The molecule has 1 aliphatic heterocycles. The van der Waals surface area contributed by atoms with E-state index >= 15 is 0 Å². The molecule has 0 aromatic heterocycles. The third-order valence-corrected chi connectivity index (χ3v) is 8.61. The summed E-state index contributed by atoms with van der Waals surface area (Å²) in [4.78, 5) is 23.8. The van der Waals surface area contributed by atoms with Crippen molar-refractivity contribution in [3.05, 3.63) is 99.8 Å². The van der Waals surface area contributed by atoms with Crippen LogP contribution < -0.4 is 10.5 Å². The fourth-order valence-electron chi connectivity index (χ4n) is 4.31. The Labute approximate surface area is 241 Å². The number of hydrogen-bond donors (Lipinski definition) is 4. The van der Waals surface area contributed by atoms with Gasteiger partial charge in [0.25, 0.3) is 0 Å². The van der Waals surface area contributed by atoms with Crippen molar-refractivity contribution in [1.82, 2.24) is 9.62 Å². The van der Waals surface area contributed by atoms with Gasteiger partial charge in [0.2, 0.25) is 10.0 Å². The van der Waals surface area contributed by atoms with Crippen LogP contribution in [0.4, 0.5) is 9.18 Å². The molecular formula is C28H31BrFN3O6S. The molecule has 0 saturated carbocycles. The fourth-order valence-corrected chi connectivity index (χ4v) is 5.91. The molecule has 3 aromatic carbocycles. The smallest absolute Gasteiger partial charge is 0.407 e. The highest BCUT2D eigenvalue weighted by atomic mass is 79.9. The van der Waals surface area contributed by atoms with Crippen LogP contribution in [0.25, 0.3) is 0 Å². The van der Waals surface area contributed by atoms with Crippen LogP contribution >= 0.6 is 15.9 Å². The van der Waals surface area contributed by atoms with E-state index in [-0.39, 0.29) is 29.2 Å². The number of carbonyl (C=O) groups is 2. The summed E-state index contributed by atoms with van der Waals surface area (Å²) in [6.07, 6.45) is 0.00965. The fraction of sp³-hybridized carbons (Fsp3) is 0.286. The van der Waals surface area contributed by atoms with Crippen LogP contribution in [0, 0.1) is 12.7 Å². The zero-order valence-corrected chi connectivity index (χ0v) is 24.1. The minimum atomic E-state index is -3.87. The summed E-state index contributed by atoms with van der Waals surface area (Å²) < 4.78 is 41.0. The van der Waals surface area contributed by atoms with Gasteiger partial charge in [0, 0.05) is 12.6 Å². The number of nitrogens with one attached hydrogen (secondary N) is 1. The second kappa shape index (κ2) is 13.8. The van der Waals surface area contributed by atoms with Crippen LogP contribution in [-0.4, -0.2) is 60.3 Å². The highest BCUT2D eigenvalue weighted by Crippen LogP contribution is 2.25. The molecule has 0 aliphatic carbocycles. The Morgan fingerprint density at radius 2 is 1.73 bits per heavy atom. The normalized spacial score (nSPS) is 17.6. The van der Waals surface area contributed by atoms with Gasteiger partial charge in [0.15, 0.2) is 0 Å². The summed E-state index contributed by atoms with van der Waals surface area (Å²) in [5.74, 6) is -1.55. The van der Waals surface area contributed by atoms with Gasteiger partial charge in [0.1, 0.15) is 11.9 Å². The summed E-state index contributed by atoms with van der Waals surface area (Å²) in [5.41, 5.74) is 8.07. The van der Waals surface area contributed by atoms with E-state index in [1.54, 1.807) is 54.6 Å². The maximum atomic E-state index is 13.9. The van der Waals surface area contributed by atoms with E-state index in [0.29, 0.717) is 29.4 Å². The first-order valence-electron chi connectivity index (χ1n) is 12.4. The Morgan fingerprint density at radius 1 is 1.07 bits per heavy atom. The van der Waals surface area contributed by atoms with E-state index in [4.69, 9.17) is 10.8 Å². The molecule has 1 heterocycles. The average molecular weight is 637 g/mol. The first-order valence-corrected chi connectivity index (χ1v) is 14.7. The molecular weight excluding hydrogens is 605 g/mol. The van der Waals surface area contributed by atoms with Crippen LogP contribution in [0.3, 0.4) is 0 Å². The van der Waals surface area contributed by atoms with Gasteiger partial charge >= 0.3 is 12.1 Å². The molecule has 9 nitrogen and oxygen atoms in total. The minimum absolute atomic E-state index is 0.0532. The number of nitrogens with two attached hydrogens (primary N) is 1. The maximum absolute atomic E-state index is 13.9. The van der Waals surface area contributed by atoms with Gasteiger partial charge < -0.3 is 20.8 Å². The van der Waals surface area contributed by atoms with Crippen molar-refractivity contribution < 1.29 is 32.6 Å². The van der Waals surface area contributed by atoms with E-state index in [0.717, 1.165) is 11.1 Å². The van der Waals surface area contributed by atoms with Crippen LogP contribution in [0.15, 0.2) is 82.2 Å². The Bertz CT molecular complexity index is 1420. The van der Waals surface area contributed by atoms with Gasteiger partial charge in [-0.25, -0.2) is 17.6 Å². The molecule has 12 heteroatoms. The number of likely N-dealkylation sites (tertiary alicyclic amines) is 1. The topological polar surface area (TPSA) is 150 Å². The lowest BCUT2D eigenvalue weighted by Gasteiger charge is -2.24. The quantitative estimate of drug-likeness (QED) is 0.290. The molecule has 1 unspecified atom stereocenters. The summed E-state index contributed by atoms with van der Waals surface area (Å²) in [6, 6.07) is 18.3. The van der Waals surface area contributed by atoms with E-state index in [2.05, 4.69) is 20.7 Å². The molecule has 4 rings (SSSR count). The van der Waals surface area contributed by atoms with Crippen LogP contribution in [0.5, 0.6) is 0 Å². The number of amides is 1. The second-order valence-electron chi connectivity index (χ2n) is 9.43. The summed E-state index contributed by atoms with van der Waals surface area (Å²) in [7, 11) is -3.87. The number of sulfonamides is 1. The Hall–Kier alpha value is -3.32. The van der Waals surface area contributed by atoms with Gasteiger partial charge in [-0.1, -0.05) is 60.2 Å². The molecule has 1 saturated heterocycles. The molecule has 3 atom stereocenters. The first-order chi connectivity index (χ1) is 18.9. The molecule has 0 spiro atoms. The van der Waals surface area contributed by atoms with E-state index in [1.807, 2.05) is 13.0 Å². The van der Waals surface area contributed by atoms with Crippen LogP contribution in [0.2, 0.25) is 0 Å². The van der Waals surface area contributed by atoms with Gasteiger partial charge in [-0.3, -0.25) is 4.79 Å². The summed E-state index contributed by atoms with van der Waals surface area (Å²) in [5, 5.41) is 18.3. The Kier molecular flexibility index (Phi) is 10.8. The van der Waals surface area contributed by atoms with Gasteiger partial charge in [0.05, 0.1) is 15.4 Å². The zero-order valence-electron chi connectivity index (χ0n) is 21.7. The number of nitrogens with zero attached hydrogens (tertiary/aromatic N) is 1. The molecule has 5 N–H and O–H groups in total. The molecule has 214 valence electrons. The summed E-state index contributed by atoms with van der Waals surface area (Å²) >= 11 is 3.12. The standard InChI is InChI=1S/C16H17NO4S.C12H14BrFN2O2/c1-12-7-9-14(10-8-12)22(20,21)17-15(16(18)19)11-13-5-3-2-4-6-13;13-8-3-1-2-7(11(8)14)6-10-9(15)4-5-16(10)12(17)18/h2-10,15,17H,11H2,1H3,(H,18,19);1-3,9-10H,4-6,15H2,(H,17,18)/t;9-,10-/m.0/s1. The third-order valence-electron chi connectivity index (χ3n) is 6.51. The van der Waals surface area contributed by atoms with Gasteiger partial charge in [-0.2, -0.15) is 4.72 Å². The molecule has 3 aromatic rings. The predicted molar refractivity (Wildman–Crippen MR) is 152 cm³/mol. The Balaban J connectivity index is 0.000000225. The SMILES string of the molecule is Cc1ccc(S(=O)(=O)NC(Cc2ccccc2)C(=O)O)cc1.N[C@H]1CCN(C(=O)O)[C@H]1Cc1cccc(Br)c1F. The third kappa shape index (κ3) is 8.34. The molecule has 40 heavy (non-hydrogen) atoms. The lowest BCUT2D eigenvalue weighted by atomic mass is 10.0. The lowest BCUT2D eigenvalue weighted by Crippen LogP contribution is -2.43. The molecule has 1 amide bonds. The number of aryl methyl sites for hydroxylation is 1. The highest BCUT2D eigenvalue weighted by molar-refractivity contribution is 9.10. The number of benzene rings is 3. The van der Waals surface area contributed by atoms with E-state index in [1.165, 1.54) is 17.0 Å². The van der Waals surface area contributed by atoms with Crippen molar-refractivity contribution in [3.8, 4) is 0 Å². The van der Waals surface area contributed by atoms with Crippen LogP contribution in [-0.2, 0) is 27.7 Å². The van der Waals surface area contributed by atoms with Gasteiger partial charge in [-0.15, -0.1) is 0 Å². The van der Waals surface area contributed by atoms with Crippen molar-refractivity contribution in [2.75, 3.05) is 6.54 Å². The lowest BCUT2D eigenvalue weighted by molar-refractivity contribution is -0.138. The molecule has 1 aliphatic rings. The van der Waals surface area contributed by atoms with Crippen molar-refractivity contribution in [2.24, 2.45) is 5.73 Å². The molecule has 0 bridgehead atoms.